The van der Waals surface area contributed by atoms with E-state index in [0.717, 1.165) is 0 Å². The van der Waals surface area contributed by atoms with E-state index in [0.29, 0.717) is 0 Å². The zero-order chi connectivity index (χ0) is 9.10. The van der Waals surface area contributed by atoms with Gasteiger partial charge in [0.05, 0.1) is 5.69 Å². The fraction of sp³-hybridized carbons (Fsp3) is 0.0909. The van der Waals surface area contributed by atoms with Gasteiger partial charge < -0.3 is 4.90 Å². The number of rotatable bonds is 2. The van der Waals surface area contributed by atoms with Crippen LogP contribution in [0.2, 0.25) is 0 Å². The number of anilines is 2. The van der Waals surface area contributed by atoms with Crippen LogP contribution < -0.4 is 4.90 Å². The van der Waals surface area contributed by atoms with Crippen LogP contribution in [0.3, 0.4) is 0 Å². The van der Waals surface area contributed by atoms with Gasteiger partial charge in [0.15, 0.2) is 0 Å². The van der Waals surface area contributed by atoms with Gasteiger partial charge in [0.1, 0.15) is 0 Å². The maximum Gasteiger partial charge on any atom is 0.0516 e. The Morgan fingerprint density at radius 1 is 1.00 bits per heavy atom. The van der Waals surface area contributed by atoms with Crippen molar-refractivity contribution in [1.29, 1.82) is 0 Å². The first-order chi connectivity index (χ1) is 6.38. The Bertz CT molecular complexity index is 353. The van der Waals surface area contributed by atoms with Crippen molar-refractivity contribution in [1.82, 2.24) is 0 Å². The van der Waals surface area contributed by atoms with Gasteiger partial charge in [0.25, 0.3) is 0 Å². The Morgan fingerprint density at radius 2 is 1.77 bits per heavy atom. The van der Waals surface area contributed by atoms with E-state index in [-0.39, 0.29) is 0 Å². The van der Waals surface area contributed by atoms with Gasteiger partial charge in [0, 0.05) is 18.1 Å². The second-order valence-electron chi connectivity index (χ2n) is 2.88. The molecule has 0 saturated heterocycles. The fourth-order valence-electron chi connectivity index (χ4n) is 1.25. The van der Waals surface area contributed by atoms with Crippen molar-refractivity contribution in [3.05, 3.63) is 47.2 Å². The molecule has 1 aromatic heterocycles. The Balaban J connectivity index is 2.29. The van der Waals surface area contributed by atoms with Gasteiger partial charge in [-0.2, -0.15) is 11.3 Å². The highest BCUT2D eigenvalue weighted by Crippen LogP contribution is 2.24. The van der Waals surface area contributed by atoms with E-state index in [4.69, 9.17) is 0 Å². The molecule has 2 rings (SSSR count). The predicted molar refractivity (Wildman–Crippen MR) is 58.8 cm³/mol. The third kappa shape index (κ3) is 1.73. The molecule has 0 aliphatic rings. The number of nitrogens with zero attached hydrogens (tertiary/aromatic N) is 1. The van der Waals surface area contributed by atoms with Crippen LogP contribution in [0.1, 0.15) is 0 Å². The monoisotopic (exact) mass is 189 g/mol. The van der Waals surface area contributed by atoms with Crippen LogP contribution in [0.4, 0.5) is 11.4 Å². The van der Waals surface area contributed by atoms with Crippen molar-refractivity contribution in [2.75, 3.05) is 11.9 Å². The molecule has 0 radical (unpaired) electrons. The van der Waals surface area contributed by atoms with Gasteiger partial charge in [-0.1, -0.05) is 18.2 Å². The van der Waals surface area contributed by atoms with Crippen molar-refractivity contribution >= 4 is 22.7 Å². The maximum absolute atomic E-state index is 2.18. The molecule has 0 saturated carbocycles. The molecule has 0 atom stereocenters. The van der Waals surface area contributed by atoms with Crippen LogP contribution in [0.5, 0.6) is 0 Å². The first-order valence-electron chi connectivity index (χ1n) is 4.19. The molecule has 1 nitrogen and oxygen atoms in total. The Hall–Kier alpha value is -1.28. The van der Waals surface area contributed by atoms with Crippen LogP contribution in [0, 0.1) is 0 Å². The number of thiophene rings is 1. The summed E-state index contributed by atoms with van der Waals surface area (Å²) in [6, 6.07) is 12.5. The lowest BCUT2D eigenvalue weighted by Gasteiger charge is -2.17. The Kier molecular flexibility index (Phi) is 2.32. The van der Waals surface area contributed by atoms with Gasteiger partial charge in [-0.15, -0.1) is 0 Å². The van der Waals surface area contributed by atoms with Gasteiger partial charge >= 0.3 is 0 Å². The minimum atomic E-state index is 1.22. The molecular weight excluding hydrogens is 178 g/mol. The molecule has 0 bridgehead atoms. The number of hydrogen-bond donors (Lipinski definition) is 0. The van der Waals surface area contributed by atoms with E-state index in [9.17, 15) is 0 Å². The summed E-state index contributed by atoms with van der Waals surface area (Å²) in [5, 5.41) is 4.24. The van der Waals surface area contributed by atoms with Crippen LogP contribution in [0.25, 0.3) is 0 Å². The van der Waals surface area contributed by atoms with E-state index < -0.39 is 0 Å². The van der Waals surface area contributed by atoms with E-state index in [1.54, 1.807) is 11.3 Å². The SMILES string of the molecule is CN(c1ccccc1)c1ccsc1. The predicted octanol–water partition coefficient (Wildman–Crippen LogP) is 3.52. The highest BCUT2D eigenvalue weighted by atomic mass is 32.1. The molecule has 0 N–H and O–H groups in total. The Labute approximate surface area is 82.3 Å². The van der Waals surface area contributed by atoms with Gasteiger partial charge in [-0.25, -0.2) is 0 Å². The van der Waals surface area contributed by atoms with Gasteiger partial charge in [0.2, 0.25) is 0 Å². The largest absolute Gasteiger partial charge is 0.344 e. The molecule has 0 fully saturated rings. The zero-order valence-electron chi connectivity index (χ0n) is 7.47. The topological polar surface area (TPSA) is 3.24 Å². The summed E-state index contributed by atoms with van der Waals surface area (Å²) in [4.78, 5) is 2.18. The summed E-state index contributed by atoms with van der Waals surface area (Å²) >= 11 is 1.72. The summed E-state index contributed by atoms with van der Waals surface area (Å²) in [7, 11) is 2.08. The van der Waals surface area contributed by atoms with Gasteiger partial charge in [-0.05, 0) is 23.6 Å². The summed E-state index contributed by atoms with van der Waals surface area (Å²) in [5.74, 6) is 0. The standard InChI is InChI=1S/C11H11NS/c1-12(11-7-8-13-9-11)10-5-3-2-4-6-10/h2-9H,1H3. The third-order valence-electron chi connectivity index (χ3n) is 2.04. The molecule has 66 valence electrons. The summed E-state index contributed by atoms with van der Waals surface area (Å²) < 4.78 is 0. The minimum absolute atomic E-state index is 1.22. The zero-order valence-corrected chi connectivity index (χ0v) is 8.29. The molecule has 0 unspecified atom stereocenters. The van der Waals surface area contributed by atoms with E-state index in [1.165, 1.54) is 11.4 Å². The van der Waals surface area contributed by atoms with E-state index >= 15 is 0 Å². The number of para-hydroxylation sites is 1. The van der Waals surface area contributed by atoms with Crippen LogP contribution in [-0.2, 0) is 0 Å². The highest BCUT2D eigenvalue weighted by Gasteiger charge is 2.01. The van der Waals surface area contributed by atoms with Crippen molar-refractivity contribution in [2.24, 2.45) is 0 Å². The second kappa shape index (κ2) is 3.62. The average molecular weight is 189 g/mol. The maximum atomic E-state index is 2.18. The summed E-state index contributed by atoms with van der Waals surface area (Å²) in [5.41, 5.74) is 2.47. The van der Waals surface area contributed by atoms with Crippen molar-refractivity contribution in [3.8, 4) is 0 Å². The van der Waals surface area contributed by atoms with Crippen LogP contribution in [0.15, 0.2) is 47.2 Å². The molecule has 0 aliphatic carbocycles. The summed E-state index contributed by atoms with van der Waals surface area (Å²) in [6.07, 6.45) is 0. The third-order valence-corrected chi connectivity index (χ3v) is 2.71. The quantitative estimate of drug-likeness (QED) is 0.698. The lowest BCUT2D eigenvalue weighted by atomic mass is 10.3. The smallest absolute Gasteiger partial charge is 0.0516 e. The van der Waals surface area contributed by atoms with Gasteiger partial charge in [-0.3, -0.25) is 0 Å². The molecule has 0 aliphatic heterocycles. The molecule has 0 amide bonds. The molecule has 1 aromatic carbocycles. The molecule has 0 spiro atoms. The molecule has 13 heavy (non-hydrogen) atoms. The normalized spacial score (nSPS) is 9.92. The second-order valence-corrected chi connectivity index (χ2v) is 3.66. The Morgan fingerprint density at radius 3 is 2.38 bits per heavy atom. The summed E-state index contributed by atoms with van der Waals surface area (Å²) in [6.45, 7) is 0. The highest BCUT2D eigenvalue weighted by molar-refractivity contribution is 7.08. The van der Waals surface area contributed by atoms with Crippen molar-refractivity contribution < 1.29 is 0 Å². The van der Waals surface area contributed by atoms with E-state index in [2.05, 4.69) is 53.0 Å². The lowest BCUT2D eigenvalue weighted by molar-refractivity contribution is 1.22. The molecular formula is C11H11NS. The fourth-order valence-corrected chi connectivity index (χ4v) is 1.92. The number of benzene rings is 1. The molecule has 1 heterocycles. The van der Waals surface area contributed by atoms with Crippen molar-refractivity contribution in [2.45, 2.75) is 0 Å². The van der Waals surface area contributed by atoms with Crippen LogP contribution >= 0.6 is 11.3 Å². The average Bonchev–Trinajstić information content (AvgIpc) is 2.71. The molecule has 2 aromatic rings. The molecule has 2 heteroatoms. The minimum Gasteiger partial charge on any atom is -0.344 e. The van der Waals surface area contributed by atoms with Crippen LogP contribution in [-0.4, -0.2) is 7.05 Å². The first kappa shape index (κ1) is 8.32. The lowest BCUT2D eigenvalue weighted by Crippen LogP contribution is -2.07. The van der Waals surface area contributed by atoms with Crippen molar-refractivity contribution in [3.63, 3.8) is 0 Å². The first-order valence-corrected chi connectivity index (χ1v) is 5.13. The number of hydrogen-bond acceptors (Lipinski definition) is 2. The van der Waals surface area contributed by atoms with E-state index in [1.807, 2.05) is 6.07 Å².